The molecular formula is C12H11BrN4O2S. The average molecular weight is 355 g/mol. The Morgan fingerprint density at radius 1 is 1.30 bits per heavy atom. The SMILES string of the molecule is O=C(NNC(=O)c1ccc(Br)s1)c1cc(C2CC2)[nH]n1. The average Bonchev–Trinajstić information content (AvgIpc) is 3.00. The summed E-state index contributed by atoms with van der Waals surface area (Å²) >= 11 is 4.57. The van der Waals surface area contributed by atoms with E-state index in [1.54, 1.807) is 18.2 Å². The lowest BCUT2D eigenvalue weighted by molar-refractivity contribution is 0.0846. The molecule has 0 unspecified atom stereocenters. The number of hydrogen-bond donors (Lipinski definition) is 3. The number of hydrazine groups is 1. The summed E-state index contributed by atoms with van der Waals surface area (Å²) in [5, 5.41) is 6.78. The molecule has 0 atom stereocenters. The predicted molar refractivity (Wildman–Crippen MR) is 77.5 cm³/mol. The zero-order valence-electron chi connectivity index (χ0n) is 10.3. The maximum Gasteiger partial charge on any atom is 0.290 e. The first-order valence-electron chi connectivity index (χ1n) is 6.05. The van der Waals surface area contributed by atoms with Crippen LogP contribution in [0.5, 0.6) is 0 Å². The highest BCUT2D eigenvalue weighted by Gasteiger charge is 2.26. The number of amides is 2. The van der Waals surface area contributed by atoms with Crippen molar-refractivity contribution in [2.24, 2.45) is 0 Å². The number of hydrogen-bond acceptors (Lipinski definition) is 4. The molecule has 0 saturated heterocycles. The van der Waals surface area contributed by atoms with Crippen molar-refractivity contribution in [3.8, 4) is 0 Å². The van der Waals surface area contributed by atoms with Crippen LogP contribution in [0.3, 0.4) is 0 Å². The fourth-order valence-corrected chi connectivity index (χ4v) is 3.01. The molecule has 20 heavy (non-hydrogen) atoms. The van der Waals surface area contributed by atoms with E-state index in [1.807, 2.05) is 0 Å². The summed E-state index contributed by atoms with van der Waals surface area (Å²) in [6, 6.07) is 5.17. The fraction of sp³-hybridized carbons (Fsp3) is 0.250. The van der Waals surface area contributed by atoms with Gasteiger partial charge in [0.2, 0.25) is 0 Å². The normalized spacial score (nSPS) is 14.1. The number of carbonyl (C=O) groups is 2. The van der Waals surface area contributed by atoms with Crippen molar-refractivity contribution < 1.29 is 9.59 Å². The molecule has 104 valence electrons. The number of nitrogens with one attached hydrogen (secondary N) is 3. The van der Waals surface area contributed by atoms with Gasteiger partial charge >= 0.3 is 0 Å². The minimum atomic E-state index is -0.433. The van der Waals surface area contributed by atoms with Crippen LogP contribution in [0.2, 0.25) is 0 Å². The molecule has 3 rings (SSSR count). The number of aromatic nitrogens is 2. The van der Waals surface area contributed by atoms with Crippen LogP contribution in [0, 0.1) is 0 Å². The Morgan fingerprint density at radius 2 is 2.05 bits per heavy atom. The molecule has 2 aromatic heterocycles. The summed E-state index contributed by atoms with van der Waals surface area (Å²) in [4.78, 5) is 24.1. The number of nitrogens with zero attached hydrogens (tertiary/aromatic N) is 1. The predicted octanol–water partition coefficient (Wildman–Crippen LogP) is 2.19. The van der Waals surface area contributed by atoms with Gasteiger partial charge in [0.15, 0.2) is 5.69 Å². The Kier molecular flexibility index (Phi) is 3.58. The Morgan fingerprint density at radius 3 is 2.70 bits per heavy atom. The number of aromatic amines is 1. The number of rotatable bonds is 3. The third-order valence-corrected chi connectivity index (χ3v) is 4.56. The summed E-state index contributed by atoms with van der Waals surface area (Å²) in [5.74, 6) is -0.286. The van der Waals surface area contributed by atoms with Gasteiger partial charge in [0, 0.05) is 11.6 Å². The van der Waals surface area contributed by atoms with E-state index in [0.717, 1.165) is 22.3 Å². The highest BCUT2D eigenvalue weighted by atomic mass is 79.9. The first-order chi connectivity index (χ1) is 9.63. The van der Waals surface area contributed by atoms with Crippen molar-refractivity contribution in [3.05, 3.63) is 38.3 Å². The van der Waals surface area contributed by atoms with E-state index in [2.05, 4.69) is 37.0 Å². The monoisotopic (exact) mass is 354 g/mol. The van der Waals surface area contributed by atoms with Crippen molar-refractivity contribution in [2.45, 2.75) is 18.8 Å². The molecule has 6 nitrogen and oxygen atoms in total. The molecule has 3 N–H and O–H groups in total. The molecule has 8 heteroatoms. The van der Waals surface area contributed by atoms with E-state index < -0.39 is 5.91 Å². The molecule has 1 fully saturated rings. The van der Waals surface area contributed by atoms with E-state index in [0.29, 0.717) is 10.8 Å². The van der Waals surface area contributed by atoms with Crippen molar-refractivity contribution in [3.63, 3.8) is 0 Å². The van der Waals surface area contributed by atoms with Gasteiger partial charge in [0.1, 0.15) is 0 Å². The van der Waals surface area contributed by atoms with Crippen LogP contribution in [-0.4, -0.2) is 22.0 Å². The van der Waals surface area contributed by atoms with Gasteiger partial charge in [-0.15, -0.1) is 11.3 Å². The Balaban J connectivity index is 1.57. The van der Waals surface area contributed by atoms with E-state index >= 15 is 0 Å². The van der Waals surface area contributed by atoms with E-state index in [1.165, 1.54) is 11.3 Å². The molecule has 2 heterocycles. The van der Waals surface area contributed by atoms with Crippen LogP contribution in [-0.2, 0) is 0 Å². The Bertz CT molecular complexity index is 662. The van der Waals surface area contributed by atoms with Gasteiger partial charge in [-0.2, -0.15) is 5.10 Å². The second-order valence-electron chi connectivity index (χ2n) is 4.49. The maximum absolute atomic E-state index is 11.8. The zero-order chi connectivity index (χ0) is 14.1. The standard InChI is InChI=1S/C12H11BrN4O2S/c13-10-4-3-9(20-10)12(19)17-16-11(18)8-5-7(14-15-8)6-1-2-6/h3-6H,1-2H2,(H,14,15)(H,16,18)(H,17,19). The van der Waals surface area contributed by atoms with Crippen LogP contribution in [0.4, 0.5) is 0 Å². The quantitative estimate of drug-likeness (QED) is 0.738. The second-order valence-corrected chi connectivity index (χ2v) is 6.96. The first-order valence-corrected chi connectivity index (χ1v) is 7.66. The van der Waals surface area contributed by atoms with E-state index in [9.17, 15) is 9.59 Å². The number of thiophene rings is 1. The van der Waals surface area contributed by atoms with Gasteiger partial charge in [-0.1, -0.05) is 0 Å². The van der Waals surface area contributed by atoms with E-state index in [-0.39, 0.29) is 11.6 Å². The Hall–Kier alpha value is -1.67. The maximum atomic E-state index is 11.8. The minimum Gasteiger partial charge on any atom is -0.281 e. The van der Waals surface area contributed by atoms with Gasteiger partial charge in [-0.05, 0) is 47.0 Å². The summed E-state index contributed by atoms with van der Waals surface area (Å²) < 4.78 is 0.857. The molecule has 0 bridgehead atoms. The van der Waals surface area contributed by atoms with Crippen LogP contribution < -0.4 is 10.9 Å². The summed E-state index contributed by atoms with van der Waals surface area (Å²) in [6.07, 6.45) is 2.26. The van der Waals surface area contributed by atoms with Crippen molar-refractivity contribution in [1.82, 2.24) is 21.0 Å². The molecule has 1 saturated carbocycles. The van der Waals surface area contributed by atoms with Crippen molar-refractivity contribution >= 4 is 39.1 Å². The largest absolute Gasteiger partial charge is 0.290 e. The lowest BCUT2D eigenvalue weighted by atomic mass is 10.2. The van der Waals surface area contributed by atoms with Gasteiger partial charge in [-0.25, -0.2) is 0 Å². The van der Waals surface area contributed by atoms with Crippen LogP contribution in [0.1, 0.15) is 44.6 Å². The highest BCUT2D eigenvalue weighted by molar-refractivity contribution is 9.11. The van der Waals surface area contributed by atoms with E-state index in [4.69, 9.17) is 0 Å². The number of halogens is 1. The van der Waals surface area contributed by atoms with Crippen molar-refractivity contribution in [1.29, 1.82) is 0 Å². The third-order valence-electron chi connectivity index (χ3n) is 2.93. The van der Waals surface area contributed by atoms with Crippen LogP contribution >= 0.6 is 27.3 Å². The van der Waals surface area contributed by atoms with Crippen molar-refractivity contribution in [2.75, 3.05) is 0 Å². The molecular weight excluding hydrogens is 344 g/mol. The molecule has 2 amide bonds. The molecule has 0 radical (unpaired) electrons. The summed E-state index contributed by atoms with van der Waals surface area (Å²) in [7, 11) is 0. The molecule has 0 spiro atoms. The highest BCUT2D eigenvalue weighted by Crippen LogP contribution is 2.38. The molecule has 0 aromatic carbocycles. The van der Waals surface area contributed by atoms with Gasteiger partial charge in [-0.3, -0.25) is 25.5 Å². The molecule has 0 aliphatic heterocycles. The fourth-order valence-electron chi connectivity index (χ4n) is 1.73. The van der Waals surface area contributed by atoms with Gasteiger partial charge in [0.25, 0.3) is 11.8 Å². The number of carbonyl (C=O) groups excluding carboxylic acids is 2. The lowest BCUT2D eigenvalue weighted by Crippen LogP contribution is -2.41. The number of H-pyrrole nitrogens is 1. The van der Waals surface area contributed by atoms with Gasteiger partial charge in [0.05, 0.1) is 8.66 Å². The molecule has 1 aliphatic carbocycles. The van der Waals surface area contributed by atoms with Crippen LogP contribution in [0.15, 0.2) is 22.0 Å². The second kappa shape index (κ2) is 5.37. The third kappa shape index (κ3) is 2.91. The zero-order valence-corrected chi connectivity index (χ0v) is 12.7. The summed E-state index contributed by atoms with van der Waals surface area (Å²) in [5.41, 5.74) is 5.96. The first kappa shape index (κ1) is 13.3. The molecule has 2 aromatic rings. The van der Waals surface area contributed by atoms with Crippen LogP contribution in [0.25, 0.3) is 0 Å². The topological polar surface area (TPSA) is 86.9 Å². The lowest BCUT2D eigenvalue weighted by Gasteiger charge is -2.03. The van der Waals surface area contributed by atoms with Gasteiger partial charge < -0.3 is 0 Å². The minimum absolute atomic E-state index is 0.277. The Labute approximate surface area is 127 Å². The summed E-state index contributed by atoms with van der Waals surface area (Å²) in [6.45, 7) is 0. The molecule has 1 aliphatic rings. The smallest absolute Gasteiger partial charge is 0.281 e.